The van der Waals surface area contributed by atoms with Gasteiger partial charge in [0.05, 0.1) is 13.2 Å². The van der Waals surface area contributed by atoms with Gasteiger partial charge in [0.2, 0.25) is 0 Å². The lowest BCUT2D eigenvalue weighted by molar-refractivity contribution is -0.144. The number of rotatable bonds is 102. The molecular formula is C104H218N2O14S2Si4. The molecule has 0 aliphatic heterocycles. The molecule has 0 aromatic heterocycles. The van der Waals surface area contributed by atoms with Crippen LogP contribution in [0.2, 0.25) is 52.4 Å². The van der Waals surface area contributed by atoms with Crippen molar-refractivity contribution in [1.82, 2.24) is 9.80 Å². The van der Waals surface area contributed by atoms with Crippen molar-refractivity contribution in [3.8, 4) is 0 Å². The minimum absolute atomic E-state index is 0.00335. The van der Waals surface area contributed by atoms with Gasteiger partial charge in [0.25, 0.3) is 0 Å². The van der Waals surface area contributed by atoms with Crippen LogP contribution in [0, 0.1) is 0 Å². The number of nitrogens with zero attached hydrogens (tertiary/aromatic N) is 2. The van der Waals surface area contributed by atoms with Gasteiger partial charge >= 0.3 is 46.2 Å². The van der Waals surface area contributed by atoms with E-state index in [0.29, 0.717) is 13.2 Å². The summed E-state index contributed by atoms with van der Waals surface area (Å²) in [6, 6.07) is 0. The van der Waals surface area contributed by atoms with Crippen molar-refractivity contribution in [2.24, 2.45) is 0 Å². The van der Waals surface area contributed by atoms with E-state index in [2.05, 4.69) is 118 Å². The van der Waals surface area contributed by atoms with Crippen molar-refractivity contribution in [1.29, 1.82) is 0 Å². The van der Waals surface area contributed by atoms with Crippen molar-refractivity contribution >= 4 is 69.7 Å². The molecule has 0 amide bonds. The molecule has 0 heterocycles. The monoisotopic (exact) mass is 1900 g/mol. The average molecular weight is 1900 g/mol. The van der Waals surface area contributed by atoms with Gasteiger partial charge in [0.15, 0.2) is 0 Å². The fourth-order valence-electron chi connectivity index (χ4n) is 16.4. The van der Waals surface area contributed by atoms with Crippen molar-refractivity contribution in [3.05, 3.63) is 0 Å². The average Bonchev–Trinajstić information content (AvgIpc) is 0.857. The molecule has 0 radical (unpaired) electrons. The van der Waals surface area contributed by atoms with Gasteiger partial charge in [-0.3, -0.25) is 9.59 Å². The zero-order valence-corrected chi connectivity index (χ0v) is 92.4. The van der Waals surface area contributed by atoms with E-state index < -0.39 is 34.2 Å². The van der Waals surface area contributed by atoms with E-state index in [0.717, 1.165) is 244 Å². The van der Waals surface area contributed by atoms with Crippen molar-refractivity contribution in [2.75, 3.05) is 104 Å². The van der Waals surface area contributed by atoms with E-state index in [1.54, 1.807) is 0 Å². The minimum Gasteiger partial charge on any atom is -0.465 e. The summed E-state index contributed by atoms with van der Waals surface area (Å²) in [7, 11) is -9.48. The van der Waals surface area contributed by atoms with Crippen LogP contribution in [-0.4, -0.2) is 193 Å². The van der Waals surface area contributed by atoms with Crippen molar-refractivity contribution in [3.63, 3.8) is 0 Å². The Labute approximate surface area is 797 Å². The van der Waals surface area contributed by atoms with Crippen molar-refractivity contribution in [2.45, 2.75) is 555 Å². The molecule has 0 rings (SSSR count). The van der Waals surface area contributed by atoms with E-state index >= 15 is 0 Å². The summed E-state index contributed by atoms with van der Waals surface area (Å²) in [6.45, 7) is 46.5. The van der Waals surface area contributed by atoms with E-state index in [9.17, 15) is 19.8 Å². The molecule has 0 aliphatic rings. The van der Waals surface area contributed by atoms with Crippen LogP contribution in [0.4, 0.5) is 0 Å². The van der Waals surface area contributed by atoms with Gasteiger partial charge in [-0.05, 0) is 244 Å². The van der Waals surface area contributed by atoms with Crippen LogP contribution in [0.1, 0.15) is 479 Å². The van der Waals surface area contributed by atoms with Crippen molar-refractivity contribution < 1.29 is 64.7 Å². The Bertz CT molecular complexity index is 2080. The molecule has 22 heteroatoms. The van der Waals surface area contributed by atoms with Crippen LogP contribution >= 0.6 is 23.5 Å². The van der Waals surface area contributed by atoms with Crippen LogP contribution in [0.25, 0.3) is 0 Å². The van der Waals surface area contributed by atoms with Gasteiger partial charge < -0.3 is 64.9 Å². The fraction of sp³-hybridized carbons (Fsp3) is 0.981. The highest BCUT2D eigenvalue weighted by atomic mass is 32.2. The molecule has 0 saturated carbocycles. The van der Waals surface area contributed by atoms with Gasteiger partial charge in [-0.25, -0.2) is 0 Å². The molecule has 0 aliphatic carbocycles. The number of hydrogen-bond acceptors (Lipinski definition) is 18. The lowest BCUT2D eigenvalue weighted by Gasteiger charge is -2.35. The third kappa shape index (κ3) is 90.5. The van der Waals surface area contributed by atoms with Gasteiger partial charge in [0, 0.05) is 39.6 Å². The normalized spacial score (nSPS) is 13.3. The molecule has 0 saturated heterocycles. The molecule has 0 spiro atoms. The Morgan fingerprint density at radius 3 is 0.762 bits per heavy atom. The van der Waals surface area contributed by atoms with E-state index in [4.69, 9.17) is 44.9 Å². The first-order chi connectivity index (χ1) is 61.1. The first kappa shape index (κ1) is 128. The van der Waals surface area contributed by atoms with E-state index in [-0.39, 0.29) is 48.2 Å². The minimum atomic E-state index is -2.45. The number of aliphatic hydroxyl groups is 2. The number of esters is 2. The summed E-state index contributed by atoms with van der Waals surface area (Å²) in [5, 5.41) is 18.8. The first-order valence-electron chi connectivity index (χ1n) is 54.6. The Hall–Kier alpha value is 0.0275. The molecule has 4 atom stereocenters. The zero-order valence-electron chi connectivity index (χ0n) is 86.8. The second-order valence-corrected chi connectivity index (χ2v) is 55.3. The molecule has 0 fully saturated rings. The summed E-state index contributed by atoms with van der Waals surface area (Å²) < 4.78 is 64.0. The molecule has 756 valence electrons. The number of thioether (sulfide) groups is 2. The van der Waals surface area contributed by atoms with E-state index in [1.807, 2.05) is 23.5 Å². The largest absolute Gasteiger partial charge is 0.465 e. The standard InChI is InChI=1S/2C52H109NO7SSi2/c2*1-9-13-17-20-22-23-30-39-49-61-50(40-16-12-4)52(55)57-47-37-29-26-33-43-53(44-34-35-45-54)42-32-25-28-36-46-56-51(41-31-24-19-15-11-3)59-63(7,8)60-62(5,6)58-48-38-27-21-18-14-10-2/h2*50-51,54H,9-49H2,1-8H3. The highest BCUT2D eigenvalue weighted by Crippen LogP contribution is 2.28. The molecular weight excluding hydrogens is 1680 g/mol. The number of hydrogen-bond donors (Lipinski definition) is 2. The van der Waals surface area contributed by atoms with Crippen LogP contribution in [0.3, 0.4) is 0 Å². The molecule has 0 bridgehead atoms. The number of unbranched alkanes of at least 4 members (excludes halogenated alkanes) is 48. The number of carbonyl (C=O) groups excluding carboxylic acids is 2. The lowest BCUT2D eigenvalue weighted by atomic mass is 10.1. The number of carbonyl (C=O) groups is 2. The number of ether oxygens (including phenoxy) is 4. The topological polar surface area (TPSA) is 173 Å². The lowest BCUT2D eigenvalue weighted by Crippen LogP contribution is -2.50. The predicted molar refractivity (Wildman–Crippen MR) is 557 cm³/mol. The summed E-state index contributed by atoms with van der Waals surface area (Å²) in [5.74, 6) is 2.18. The third-order valence-electron chi connectivity index (χ3n) is 23.9. The quantitative estimate of drug-likeness (QED) is 0.0254. The van der Waals surface area contributed by atoms with Gasteiger partial charge in [-0.1, -0.05) is 338 Å². The highest BCUT2D eigenvalue weighted by Gasteiger charge is 2.40. The highest BCUT2D eigenvalue weighted by molar-refractivity contribution is 8.00. The second-order valence-electron chi connectivity index (χ2n) is 38.8. The Morgan fingerprint density at radius 1 is 0.254 bits per heavy atom. The number of aliphatic hydroxyl groups excluding tert-OH is 2. The Kier molecular flexibility index (Phi) is 96.9. The van der Waals surface area contributed by atoms with Crippen LogP contribution in [0.15, 0.2) is 0 Å². The molecule has 0 aromatic carbocycles. The SMILES string of the molecule is CCCCCCCCCCSC(CCCC)C(=O)OCCCCCCN(CCCCO)CCCCCCOC(CCCCCCC)O[Si](C)(C)O[Si](C)(C)OCCCCCCCC.CCCCCCCCCCSC(CCCC)C(=O)OCCCCCCN(CCCCO)CCCCCCOC(CCCCCCC)O[Si](C)(C)O[Si](C)(C)OCCCCCCCC. The molecule has 4 unspecified atom stereocenters. The van der Waals surface area contributed by atoms with Crippen LogP contribution < -0.4 is 0 Å². The fourth-order valence-corrected chi connectivity index (χ4v) is 32.1. The first-order valence-corrected chi connectivity index (χ1v) is 67.9. The molecule has 2 N–H and O–H groups in total. The third-order valence-corrected chi connectivity index (χ3v) is 38.0. The zero-order chi connectivity index (χ0) is 93.1. The maximum absolute atomic E-state index is 13.0. The predicted octanol–water partition coefficient (Wildman–Crippen LogP) is 31.3. The Balaban J connectivity index is 0. The maximum atomic E-state index is 13.0. The van der Waals surface area contributed by atoms with E-state index in [1.165, 1.54) is 257 Å². The maximum Gasteiger partial charge on any atom is 0.324 e. The smallest absolute Gasteiger partial charge is 0.324 e. The van der Waals surface area contributed by atoms with Gasteiger partial charge in [0.1, 0.15) is 23.1 Å². The molecule has 16 nitrogen and oxygen atoms in total. The summed E-state index contributed by atoms with van der Waals surface area (Å²) in [4.78, 5) is 31.1. The van der Waals surface area contributed by atoms with Gasteiger partial charge in [-0.15, -0.1) is 23.5 Å². The Morgan fingerprint density at radius 2 is 0.484 bits per heavy atom. The molecule has 126 heavy (non-hydrogen) atoms. The van der Waals surface area contributed by atoms with Crippen LogP contribution in [0.5, 0.6) is 0 Å². The summed E-state index contributed by atoms with van der Waals surface area (Å²) in [5.41, 5.74) is 0. The summed E-state index contributed by atoms with van der Waals surface area (Å²) in [6.07, 6.45) is 78.3. The van der Waals surface area contributed by atoms with Crippen LogP contribution in [-0.2, 0) is 54.5 Å². The summed E-state index contributed by atoms with van der Waals surface area (Å²) >= 11 is 3.67. The molecule has 0 aromatic rings. The second kappa shape index (κ2) is 95.3. The van der Waals surface area contributed by atoms with Gasteiger partial charge in [-0.2, -0.15) is 0 Å².